The predicted octanol–water partition coefficient (Wildman–Crippen LogP) is 3.64. The molecular weight excluding hydrogens is 246 g/mol. The smallest absolute Gasteiger partial charge is 0.178 e. The van der Waals surface area contributed by atoms with Crippen LogP contribution >= 0.6 is 11.3 Å². The Morgan fingerprint density at radius 1 is 1.28 bits per heavy atom. The van der Waals surface area contributed by atoms with Crippen LogP contribution in [0.15, 0.2) is 17.5 Å². The number of nitrogens with zero attached hydrogens (tertiary/aromatic N) is 1. The molecule has 0 saturated heterocycles. The minimum atomic E-state index is 0.000358. The van der Waals surface area contributed by atoms with Gasteiger partial charge in [-0.15, -0.1) is 11.3 Å². The summed E-state index contributed by atoms with van der Waals surface area (Å²) in [6, 6.07) is 4.05. The summed E-state index contributed by atoms with van der Waals surface area (Å²) in [6.45, 7) is 5.55. The standard InChI is InChI=1S/C14H15NO2S/c1-8-6-13(17-4)9(2)5-11(8)14-15-12(7-18-14)10(3)16/h5-7H,1-4H3. The van der Waals surface area contributed by atoms with E-state index in [1.807, 2.05) is 19.9 Å². The van der Waals surface area contributed by atoms with Gasteiger partial charge in [-0.25, -0.2) is 4.98 Å². The first kappa shape index (κ1) is 12.8. The van der Waals surface area contributed by atoms with Crippen LogP contribution in [0.2, 0.25) is 0 Å². The van der Waals surface area contributed by atoms with Crippen molar-refractivity contribution in [1.29, 1.82) is 0 Å². The number of aryl methyl sites for hydroxylation is 2. The maximum absolute atomic E-state index is 11.3. The Kier molecular flexibility index (Phi) is 3.48. The van der Waals surface area contributed by atoms with Gasteiger partial charge in [0.2, 0.25) is 0 Å². The van der Waals surface area contributed by atoms with Crippen LogP contribution in [0.4, 0.5) is 0 Å². The monoisotopic (exact) mass is 261 g/mol. The van der Waals surface area contributed by atoms with Gasteiger partial charge in [-0.1, -0.05) is 0 Å². The first-order valence-electron chi connectivity index (χ1n) is 5.65. The maximum Gasteiger partial charge on any atom is 0.178 e. The number of rotatable bonds is 3. The largest absolute Gasteiger partial charge is 0.496 e. The summed E-state index contributed by atoms with van der Waals surface area (Å²) in [5.74, 6) is 0.875. The van der Waals surface area contributed by atoms with E-state index < -0.39 is 0 Å². The van der Waals surface area contributed by atoms with Crippen LogP contribution in [0, 0.1) is 13.8 Å². The predicted molar refractivity (Wildman–Crippen MR) is 73.6 cm³/mol. The Morgan fingerprint density at radius 3 is 2.56 bits per heavy atom. The lowest BCUT2D eigenvalue weighted by molar-refractivity contribution is 0.101. The number of benzene rings is 1. The van der Waals surface area contributed by atoms with Gasteiger partial charge in [0.1, 0.15) is 16.5 Å². The fourth-order valence-corrected chi connectivity index (χ4v) is 2.74. The van der Waals surface area contributed by atoms with Crippen molar-refractivity contribution in [2.45, 2.75) is 20.8 Å². The highest BCUT2D eigenvalue weighted by molar-refractivity contribution is 7.13. The molecule has 0 aliphatic rings. The van der Waals surface area contributed by atoms with Gasteiger partial charge in [-0.2, -0.15) is 0 Å². The van der Waals surface area contributed by atoms with Crippen molar-refractivity contribution in [1.82, 2.24) is 4.98 Å². The molecule has 0 bridgehead atoms. The Morgan fingerprint density at radius 2 is 2.00 bits per heavy atom. The molecule has 1 aromatic heterocycles. The van der Waals surface area contributed by atoms with E-state index in [9.17, 15) is 4.79 Å². The van der Waals surface area contributed by atoms with Gasteiger partial charge < -0.3 is 4.74 Å². The summed E-state index contributed by atoms with van der Waals surface area (Å²) in [7, 11) is 1.67. The number of thiazole rings is 1. The second-order valence-electron chi connectivity index (χ2n) is 4.23. The van der Waals surface area contributed by atoms with Crippen molar-refractivity contribution in [3.8, 4) is 16.3 Å². The average Bonchev–Trinajstić information content (AvgIpc) is 2.81. The molecule has 0 N–H and O–H groups in total. The third-order valence-corrected chi connectivity index (χ3v) is 3.71. The van der Waals surface area contributed by atoms with Gasteiger partial charge in [0, 0.05) is 17.9 Å². The molecular formula is C14H15NO2S. The van der Waals surface area contributed by atoms with E-state index in [1.54, 1.807) is 12.5 Å². The fourth-order valence-electron chi connectivity index (χ4n) is 1.80. The van der Waals surface area contributed by atoms with E-state index in [1.165, 1.54) is 18.3 Å². The minimum Gasteiger partial charge on any atom is -0.496 e. The van der Waals surface area contributed by atoms with Crippen molar-refractivity contribution in [3.05, 3.63) is 34.3 Å². The van der Waals surface area contributed by atoms with E-state index in [4.69, 9.17) is 4.74 Å². The molecule has 0 saturated carbocycles. The highest BCUT2D eigenvalue weighted by Gasteiger charge is 2.12. The van der Waals surface area contributed by atoms with Crippen LogP contribution in [0.1, 0.15) is 28.5 Å². The van der Waals surface area contributed by atoms with Crippen LogP contribution in [0.5, 0.6) is 5.75 Å². The lowest BCUT2D eigenvalue weighted by atomic mass is 10.1. The molecule has 0 unspecified atom stereocenters. The summed E-state index contributed by atoms with van der Waals surface area (Å²) in [6.07, 6.45) is 0. The molecule has 2 rings (SSSR count). The van der Waals surface area contributed by atoms with Crippen molar-refractivity contribution in [3.63, 3.8) is 0 Å². The number of carbonyl (C=O) groups excluding carboxylic acids is 1. The van der Waals surface area contributed by atoms with E-state index in [-0.39, 0.29) is 5.78 Å². The SMILES string of the molecule is COc1cc(C)c(-c2nc(C(C)=O)cs2)cc1C. The summed E-state index contributed by atoms with van der Waals surface area (Å²) in [5.41, 5.74) is 3.76. The first-order chi connectivity index (χ1) is 8.52. The Labute approximate surface area is 110 Å². The van der Waals surface area contributed by atoms with Gasteiger partial charge in [0.15, 0.2) is 5.78 Å². The van der Waals surface area contributed by atoms with Crippen molar-refractivity contribution < 1.29 is 9.53 Å². The lowest BCUT2D eigenvalue weighted by Crippen LogP contribution is -1.93. The quantitative estimate of drug-likeness (QED) is 0.792. The highest BCUT2D eigenvalue weighted by Crippen LogP contribution is 2.31. The average molecular weight is 261 g/mol. The maximum atomic E-state index is 11.3. The molecule has 0 spiro atoms. The molecule has 0 radical (unpaired) electrons. The number of ether oxygens (including phenoxy) is 1. The molecule has 0 amide bonds. The third-order valence-electron chi connectivity index (χ3n) is 2.84. The number of aromatic nitrogens is 1. The van der Waals surface area contributed by atoms with Gasteiger partial charge >= 0.3 is 0 Å². The van der Waals surface area contributed by atoms with E-state index >= 15 is 0 Å². The zero-order valence-electron chi connectivity index (χ0n) is 10.9. The van der Waals surface area contributed by atoms with Crippen molar-refractivity contribution in [2.75, 3.05) is 7.11 Å². The summed E-state index contributed by atoms with van der Waals surface area (Å²) in [4.78, 5) is 15.6. The zero-order chi connectivity index (χ0) is 13.3. The van der Waals surface area contributed by atoms with Gasteiger partial charge in [0.25, 0.3) is 0 Å². The zero-order valence-corrected chi connectivity index (χ0v) is 11.7. The molecule has 2 aromatic rings. The molecule has 4 heteroatoms. The van der Waals surface area contributed by atoms with E-state index in [0.29, 0.717) is 5.69 Å². The Hall–Kier alpha value is -1.68. The van der Waals surface area contributed by atoms with Crippen LogP contribution in [-0.4, -0.2) is 17.9 Å². The summed E-state index contributed by atoms with van der Waals surface area (Å²) in [5, 5.41) is 2.68. The molecule has 18 heavy (non-hydrogen) atoms. The summed E-state index contributed by atoms with van der Waals surface area (Å²) >= 11 is 1.49. The molecule has 0 atom stereocenters. The van der Waals surface area contributed by atoms with Crippen LogP contribution in [0.25, 0.3) is 10.6 Å². The Balaban J connectivity index is 2.50. The molecule has 1 aromatic carbocycles. The van der Waals surface area contributed by atoms with Gasteiger partial charge in [-0.05, 0) is 37.1 Å². The molecule has 1 heterocycles. The first-order valence-corrected chi connectivity index (χ1v) is 6.53. The highest BCUT2D eigenvalue weighted by atomic mass is 32.1. The molecule has 94 valence electrons. The Bertz CT molecular complexity index is 602. The number of hydrogen-bond donors (Lipinski definition) is 0. The number of methoxy groups -OCH3 is 1. The lowest BCUT2D eigenvalue weighted by Gasteiger charge is -2.09. The third kappa shape index (κ3) is 2.29. The molecule has 0 aliphatic carbocycles. The van der Waals surface area contributed by atoms with Crippen LogP contribution in [-0.2, 0) is 0 Å². The molecule has 0 aliphatic heterocycles. The van der Waals surface area contributed by atoms with E-state index in [2.05, 4.69) is 11.1 Å². The number of ketones is 1. The topological polar surface area (TPSA) is 39.2 Å². The normalized spacial score (nSPS) is 10.4. The van der Waals surface area contributed by atoms with Crippen LogP contribution < -0.4 is 4.74 Å². The number of hydrogen-bond acceptors (Lipinski definition) is 4. The molecule has 0 fully saturated rings. The summed E-state index contributed by atoms with van der Waals surface area (Å²) < 4.78 is 5.29. The second kappa shape index (κ2) is 4.90. The van der Waals surface area contributed by atoms with E-state index in [0.717, 1.165) is 27.4 Å². The van der Waals surface area contributed by atoms with Gasteiger partial charge in [-0.3, -0.25) is 4.79 Å². The number of Topliss-reactive ketones (excluding diaryl/α,β-unsaturated/α-hetero) is 1. The van der Waals surface area contributed by atoms with Gasteiger partial charge in [0.05, 0.1) is 7.11 Å². The second-order valence-corrected chi connectivity index (χ2v) is 5.09. The number of carbonyl (C=O) groups is 1. The molecule has 3 nitrogen and oxygen atoms in total. The van der Waals surface area contributed by atoms with Crippen LogP contribution in [0.3, 0.4) is 0 Å². The van der Waals surface area contributed by atoms with Crippen molar-refractivity contribution in [2.24, 2.45) is 0 Å². The fraction of sp³-hybridized carbons (Fsp3) is 0.286. The van der Waals surface area contributed by atoms with Crippen molar-refractivity contribution >= 4 is 17.1 Å². The minimum absolute atomic E-state index is 0.000358.